The average molecular weight is 300 g/mol. The van der Waals surface area contributed by atoms with Gasteiger partial charge in [-0.25, -0.2) is 9.36 Å². The van der Waals surface area contributed by atoms with Gasteiger partial charge in [-0.1, -0.05) is 6.92 Å². The van der Waals surface area contributed by atoms with Crippen molar-refractivity contribution in [1.29, 1.82) is 0 Å². The molecule has 0 radical (unpaired) electrons. The van der Waals surface area contributed by atoms with Crippen molar-refractivity contribution in [2.75, 3.05) is 7.11 Å². The number of aryl methyl sites for hydroxylation is 1. The molecule has 1 aromatic carbocycles. The number of benzene rings is 1. The van der Waals surface area contributed by atoms with E-state index in [4.69, 9.17) is 9.47 Å². The molecule has 1 aromatic heterocycles. The highest BCUT2D eigenvalue weighted by Gasteiger charge is 2.15. The third-order valence-corrected chi connectivity index (χ3v) is 3.10. The molecule has 0 spiro atoms. The normalized spacial score (nSPS) is 10.1. The van der Waals surface area contributed by atoms with Gasteiger partial charge in [0, 0.05) is 18.1 Å². The average Bonchev–Trinajstić information content (AvgIpc) is 2.55. The van der Waals surface area contributed by atoms with E-state index in [0.717, 1.165) is 13.0 Å². The topological polar surface area (TPSA) is 56.5 Å². The van der Waals surface area contributed by atoms with Crippen LogP contribution in [0.25, 0.3) is 0 Å². The molecule has 0 aliphatic carbocycles. The van der Waals surface area contributed by atoms with Gasteiger partial charge in [0.15, 0.2) is 23.9 Å². The summed E-state index contributed by atoms with van der Waals surface area (Å²) in [5.74, 6) is 0.155. The summed E-state index contributed by atoms with van der Waals surface area (Å²) in [5, 5.41) is 0. The summed E-state index contributed by atoms with van der Waals surface area (Å²) in [4.78, 5) is 23.0. The van der Waals surface area contributed by atoms with E-state index in [1.54, 1.807) is 30.5 Å². The highest BCUT2D eigenvalue weighted by Crippen LogP contribution is 2.28. The largest absolute Gasteiger partial charge is 0.493 e. The first-order chi connectivity index (χ1) is 10.7. The molecule has 1 heterocycles. The first-order valence-electron chi connectivity index (χ1n) is 7.02. The summed E-state index contributed by atoms with van der Waals surface area (Å²) in [6.07, 6.45) is 5.33. The van der Waals surface area contributed by atoms with Crippen LogP contribution in [0.3, 0.4) is 0 Å². The van der Waals surface area contributed by atoms with Crippen LogP contribution in [0.1, 0.15) is 34.1 Å². The lowest BCUT2D eigenvalue weighted by Crippen LogP contribution is -2.33. The van der Waals surface area contributed by atoms with Crippen LogP contribution in [0, 0.1) is 0 Å². The minimum absolute atomic E-state index is 0.281. The third-order valence-electron chi connectivity index (χ3n) is 3.10. The summed E-state index contributed by atoms with van der Waals surface area (Å²) in [6, 6.07) is 8.14. The van der Waals surface area contributed by atoms with Crippen LogP contribution in [0.15, 0.2) is 42.7 Å². The van der Waals surface area contributed by atoms with Crippen LogP contribution in [-0.4, -0.2) is 19.4 Å². The predicted octanol–water partition coefficient (Wildman–Crippen LogP) is 2.42. The lowest BCUT2D eigenvalue weighted by molar-refractivity contribution is -0.697. The summed E-state index contributed by atoms with van der Waals surface area (Å²) in [7, 11) is 1.46. The predicted molar refractivity (Wildman–Crippen MR) is 80.3 cm³/mol. The van der Waals surface area contributed by atoms with Gasteiger partial charge < -0.3 is 9.47 Å². The van der Waals surface area contributed by atoms with Crippen LogP contribution in [0.4, 0.5) is 0 Å². The van der Waals surface area contributed by atoms with E-state index in [0.29, 0.717) is 23.2 Å². The minimum atomic E-state index is -0.470. The third kappa shape index (κ3) is 3.69. The first kappa shape index (κ1) is 15.7. The second-order valence-electron chi connectivity index (χ2n) is 4.75. The summed E-state index contributed by atoms with van der Waals surface area (Å²) in [6.45, 7) is 2.90. The van der Waals surface area contributed by atoms with E-state index in [1.165, 1.54) is 13.2 Å². The Morgan fingerprint density at radius 2 is 2.09 bits per heavy atom. The molecule has 22 heavy (non-hydrogen) atoms. The van der Waals surface area contributed by atoms with Gasteiger partial charge in [-0.2, -0.15) is 0 Å². The number of aromatic nitrogens is 1. The van der Waals surface area contributed by atoms with Crippen molar-refractivity contribution in [3.63, 3.8) is 0 Å². The number of aldehydes is 1. The summed E-state index contributed by atoms with van der Waals surface area (Å²) in [5.41, 5.74) is 0.912. The zero-order valence-electron chi connectivity index (χ0n) is 12.6. The maximum Gasteiger partial charge on any atom is 0.349 e. The zero-order chi connectivity index (χ0) is 15.9. The van der Waals surface area contributed by atoms with Gasteiger partial charge in [0.1, 0.15) is 18.4 Å². The van der Waals surface area contributed by atoms with Gasteiger partial charge in [-0.15, -0.1) is 0 Å². The van der Waals surface area contributed by atoms with E-state index in [9.17, 15) is 9.59 Å². The Morgan fingerprint density at radius 1 is 1.27 bits per heavy atom. The van der Waals surface area contributed by atoms with Crippen molar-refractivity contribution >= 4 is 12.3 Å². The Labute approximate surface area is 129 Å². The van der Waals surface area contributed by atoms with E-state index in [2.05, 4.69) is 6.92 Å². The maximum atomic E-state index is 12.2. The Bertz CT molecular complexity index is 682. The molecular formula is C17H18NO4+. The molecular weight excluding hydrogens is 282 g/mol. The van der Waals surface area contributed by atoms with Crippen molar-refractivity contribution in [2.45, 2.75) is 19.9 Å². The molecule has 5 heteroatoms. The Hall–Kier alpha value is -2.69. The number of esters is 1. The van der Waals surface area contributed by atoms with E-state index in [1.807, 2.05) is 10.8 Å². The van der Waals surface area contributed by atoms with Crippen molar-refractivity contribution in [3.05, 3.63) is 53.9 Å². The minimum Gasteiger partial charge on any atom is -0.493 e. The van der Waals surface area contributed by atoms with E-state index >= 15 is 0 Å². The highest BCUT2D eigenvalue weighted by atomic mass is 16.6. The van der Waals surface area contributed by atoms with Crippen molar-refractivity contribution in [1.82, 2.24) is 0 Å². The number of pyridine rings is 1. The molecule has 5 nitrogen and oxygen atoms in total. The lowest BCUT2D eigenvalue weighted by atomic mass is 10.2. The SMILES string of the molecule is CCC[n+]1cccc(C(=O)Oc2ccc(C=O)cc2OC)c1. The lowest BCUT2D eigenvalue weighted by Gasteiger charge is -2.09. The fraction of sp³-hybridized carbons (Fsp3) is 0.235. The molecule has 0 bridgehead atoms. The molecule has 0 atom stereocenters. The number of hydrogen-bond acceptors (Lipinski definition) is 4. The molecule has 2 aromatic rings. The highest BCUT2D eigenvalue weighted by molar-refractivity contribution is 5.91. The Balaban J connectivity index is 2.21. The molecule has 0 saturated carbocycles. The molecule has 0 aliphatic heterocycles. The Kier molecular flexibility index (Phi) is 5.25. The second kappa shape index (κ2) is 7.36. The standard InChI is InChI=1S/C17H18NO4/c1-3-8-18-9-4-5-14(11-18)17(20)22-15-7-6-13(12-19)10-16(15)21-2/h4-7,9-12H,3,8H2,1-2H3/q+1. The number of carbonyl (C=O) groups is 2. The van der Waals surface area contributed by atoms with Crippen LogP contribution >= 0.6 is 0 Å². The fourth-order valence-corrected chi connectivity index (χ4v) is 2.04. The molecule has 0 amide bonds. The van der Waals surface area contributed by atoms with Crippen molar-refractivity contribution in [3.8, 4) is 11.5 Å². The molecule has 0 aliphatic rings. The van der Waals surface area contributed by atoms with Crippen LogP contribution in [0.2, 0.25) is 0 Å². The monoisotopic (exact) mass is 300 g/mol. The maximum absolute atomic E-state index is 12.2. The zero-order valence-corrected chi connectivity index (χ0v) is 12.6. The molecule has 0 fully saturated rings. The second-order valence-corrected chi connectivity index (χ2v) is 4.75. The van der Waals surface area contributed by atoms with E-state index < -0.39 is 5.97 Å². The van der Waals surface area contributed by atoms with Crippen molar-refractivity contribution in [2.24, 2.45) is 0 Å². The van der Waals surface area contributed by atoms with Gasteiger partial charge in [-0.3, -0.25) is 4.79 Å². The van der Waals surface area contributed by atoms with Gasteiger partial charge >= 0.3 is 5.97 Å². The molecule has 0 N–H and O–H groups in total. The number of hydrogen-bond donors (Lipinski definition) is 0. The number of nitrogens with zero attached hydrogens (tertiary/aromatic N) is 1. The number of methoxy groups -OCH3 is 1. The van der Waals surface area contributed by atoms with Crippen LogP contribution in [0.5, 0.6) is 11.5 Å². The number of rotatable bonds is 6. The van der Waals surface area contributed by atoms with Gasteiger partial charge in [0.25, 0.3) is 0 Å². The first-order valence-corrected chi connectivity index (χ1v) is 7.02. The Morgan fingerprint density at radius 3 is 2.77 bits per heavy atom. The summed E-state index contributed by atoms with van der Waals surface area (Å²) >= 11 is 0. The quantitative estimate of drug-likeness (QED) is 0.356. The summed E-state index contributed by atoms with van der Waals surface area (Å²) < 4.78 is 12.4. The van der Waals surface area contributed by atoms with E-state index in [-0.39, 0.29) is 5.75 Å². The van der Waals surface area contributed by atoms with Crippen LogP contribution in [-0.2, 0) is 6.54 Å². The van der Waals surface area contributed by atoms with Crippen molar-refractivity contribution < 1.29 is 23.6 Å². The molecule has 0 saturated heterocycles. The number of carbonyl (C=O) groups excluding carboxylic acids is 2. The molecule has 114 valence electrons. The van der Waals surface area contributed by atoms with Gasteiger partial charge in [0.2, 0.25) is 0 Å². The smallest absolute Gasteiger partial charge is 0.349 e. The van der Waals surface area contributed by atoms with Gasteiger partial charge in [0.05, 0.1) is 7.11 Å². The van der Waals surface area contributed by atoms with Crippen LogP contribution < -0.4 is 14.0 Å². The fourth-order valence-electron chi connectivity index (χ4n) is 2.04. The number of ether oxygens (including phenoxy) is 2. The van der Waals surface area contributed by atoms with Gasteiger partial charge in [-0.05, 0) is 24.3 Å². The molecule has 2 rings (SSSR count). The molecule has 0 unspecified atom stereocenters.